The van der Waals surface area contributed by atoms with Crippen molar-refractivity contribution in [2.24, 2.45) is 5.92 Å². The zero-order chi connectivity index (χ0) is 13.7. The standard InChI is InChI=1S/C17H33NO/c1-15(2)10-13-18(16-8-4-5-9-16)14-17(19)11-6-3-7-12-17/h15-16,19H,3-14H2,1-2H3. The molecule has 112 valence electrons. The minimum absolute atomic E-state index is 0.377. The Morgan fingerprint density at radius 3 is 2.26 bits per heavy atom. The molecule has 19 heavy (non-hydrogen) atoms. The average molecular weight is 267 g/mol. The minimum Gasteiger partial charge on any atom is -0.389 e. The Morgan fingerprint density at radius 1 is 1.05 bits per heavy atom. The van der Waals surface area contributed by atoms with E-state index in [0.717, 1.165) is 31.3 Å². The van der Waals surface area contributed by atoms with E-state index < -0.39 is 0 Å². The molecular formula is C17H33NO. The van der Waals surface area contributed by atoms with Gasteiger partial charge in [0.2, 0.25) is 0 Å². The van der Waals surface area contributed by atoms with Gasteiger partial charge in [-0.05, 0) is 44.6 Å². The van der Waals surface area contributed by atoms with Gasteiger partial charge in [-0.1, -0.05) is 46.0 Å². The van der Waals surface area contributed by atoms with Crippen molar-refractivity contribution >= 4 is 0 Å². The molecule has 0 atom stereocenters. The summed E-state index contributed by atoms with van der Waals surface area (Å²) in [6.45, 7) is 6.74. The van der Waals surface area contributed by atoms with Crippen molar-refractivity contribution < 1.29 is 5.11 Å². The summed E-state index contributed by atoms with van der Waals surface area (Å²) in [5, 5.41) is 10.8. The quantitative estimate of drug-likeness (QED) is 0.787. The fourth-order valence-electron chi connectivity index (χ4n) is 3.83. The molecule has 0 aromatic rings. The van der Waals surface area contributed by atoms with E-state index >= 15 is 0 Å². The van der Waals surface area contributed by atoms with Gasteiger partial charge in [-0.15, -0.1) is 0 Å². The SMILES string of the molecule is CC(C)CCN(CC1(O)CCCCC1)C1CCCC1. The molecule has 2 nitrogen and oxygen atoms in total. The summed E-state index contributed by atoms with van der Waals surface area (Å²) in [6.07, 6.45) is 12.6. The van der Waals surface area contributed by atoms with Gasteiger partial charge in [-0.2, -0.15) is 0 Å². The van der Waals surface area contributed by atoms with Crippen LogP contribution in [0, 0.1) is 5.92 Å². The van der Waals surface area contributed by atoms with Gasteiger partial charge in [0.05, 0.1) is 5.60 Å². The van der Waals surface area contributed by atoms with Gasteiger partial charge in [0, 0.05) is 12.6 Å². The van der Waals surface area contributed by atoms with Gasteiger partial charge in [-0.25, -0.2) is 0 Å². The molecule has 2 fully saturated rings. The third-order valence-corrected chi connectivity index (χ3v) is 5.12. The maximum atomic E-state index is 10.8. The zero-order valence-electron chi connectivity index (χ0n) is 13.0. The lowest BCUT2D eigenvalue weighted by atomic mass is 9.84. The summed E-state index contributed by atoms with van der Waals surface area (Å²) in [5.41, 5.74) is -0.377. The lowest BCUT2D eigenvalue weighted by Crippen LogP contribution is -2.48. The average Bonchev–Trinajstić information content (AvgIpc) is 2.89. The summed E-state index contributed by atoms with van der Waals surface area (Å²) in [7, 11) is 0. The van der Waals surface area contributed by atoms with Gasteiger partial charge in [-0.3, -0.25) is 4.90 Å². The van der Waals surface area contributed by atoms with Gasteiger partial charge >= 0.3 is 0 Å². The highest BCUT2D eigenvalue weighted by Crippen LogP contribution is 2.32. The van der Waals surface area contributed by atoms with Crippen LogP contribution in [0.3, 0.4) is 0 Å². The largest absolute Gasteiger partial charge is 0.389 e. The van der Waals surface area contributed by atoms with E-state index in [-0.39, 0.29) is 5.60 Å². The first-order valence-corrected chi connectivity index (χ1v) is 8.55. The van der Waals surface area contributed by atoms with Crippen molar-refractivity contribution in [3.05, 3.63) is 0 Å². The second-order valence-corrected chi connectivity index (χ2v) is 7.38. The first-order chi connectivity index (χ1) is 9.09. The van der Waals surface area contributed by atoms with Gasteiger partial charge < -0.3 is 5.11 Å². The third kappa shape index (κ3) is 4.75. The summed E-state index contributed by atoms with van der Waals surface area (Å²) < 4.78 is 0. The second kappa shape index (κ2) is 7.08. The second-order valence-electron chi connectivity index (χ2n) is 7.38. The van der Waals surface area contributed by atoms with E-state index in [9.17, 15) is 5.11 Å². The predicted octanol–water partition coefficient (Wildman–Crippen LogP) is 3.97. The van der Waals surface area contributed by atoms with Crippen LogP contribution in [0.15, 0.2) is 0 Å². The zero-order valence-corrected chi connectivity index (χ0v) is 13.0. The monoisotopic (exact) mass is 267 g/mol. The number of hydrogen-bond donors (Lipinski definition) is 1. The van der Waals surface area contributed by atoms with Crippen LogP contribution in [0.2, 0.25) is 0 Å². The summed E-state index contributed by atoms with van der Waals surface area (Å²) in [4.78, 5) is 2.64. The normalized spacial score (nSPS) is 24.5. The number of aliphatic hydroxyl groups is 1. The van der Waals surface area contributed by atoms with Crippen LogP contribution in [-0.4, -0.2) is 34.7 Å². The summed E-state index contributed by atoms with van der Waals surface area (Å²) in [5.74, 6) is 0.768. The predicted molar refractivity (Wildman–Crippen MR) is 81.3 cm³/mol. The Labute approximate surface area is 119 Å². The molecule has 0 bridgehead atoms. The van der Waals surface area contributed by atoms with Crippen molar-refractivity contribution in [3.63, 3.8) is 0 Å². The number of nitrogens with zero attached hydrogens (tertiary/aromatic N) is 1. The molecule has 2 saturated carbocycles. The fraction of sp³-hybridized carbons (Fsp3) is 1.00. The van der Waals surface area contributed by atoms with Crippen LogP contribution in [-0.2, 0) is 0 Å². The molecule has 0 amide bonds. The maximum absolute atomic E-state index is 10.8. The van der Waals surface area contributed by atoms with E-state index in [0.29, 0.717) is 0 Å². The lowest BCUT2D eigenvalue weighted by Gasteiger charge is -2.40. The van der Waals surface area contributed by atoms with Crippen LogP contribution in [0.5, 0.6) is 0 Å². The molecule has 0 saturated heterocycles. The van der Waals surface area contributed by atoms with E-state index in [1.807, 2.05) is 0 Å². The highest BCUT2D eigenvalue weighted by Gasteiger charge is 2.34. The first kappa shape index (κ1) is 15.3. The van der Waals surface area contributed by atoms with Gasteiger partial charge in [0.25, 0.3) is 0 Å². The van der Waals surface area contributed by atoms with Crippen LogP contribution < -0.4 is 0 Å². The van der Waals surface area contributed by atoms with E-state index in [1.165, 1.54) is 57.9 Å². The van der Waals surface area contributed by atoms with Gasteiger partial charge in [0.15, 0.2) is 0 Å². The van der Waals surface area contributed by atoms with E-state index in [4.69, 9.17) is 0 Å². The Bertz CT molecular complexity index is 252. The van der Waals surface area contributed by atoms with Crippen LogP contribution in [0.4, 0.5) is 0 Å². The summed E-state index contributed by atoms with van der Waals surface area (Å²) in [6, 6.07) is 0.754. The van der Waals surface area contributed by atoms with Crippen LogP contribution in [0.25, 0.3) is 0 Å². The topological polar surface area (TPSA) is 23.5 Å². The van der Waals surface area contributed by atoms with Gasteiger partial charge in [0.1, 0.15) is 0 Å². The molecule has 2 heteroatoms. The Hall–Kier alpha value is -0.0800. The van der Waals surface area contributed by atoms with Crippen LogP contribution >= 0.6 is 0 Å². The molecular weight excluding hydrogens is 234 g/mol. The molecule has 0 aliphatic heterocycles. The minimum atomic E-state index is -0.377. The first-order valence-electron chi connectivity index (χ1n) is 8.55. The molecule has 2 aliphatic carbocycles. The number of hydrogen-bond acceptors (Lipinski definition) is 2. The third-order valence-electron chi connectivity index (χ3n) is 5.12. The molecule has 0 unspecified atom stereocenters. The highest BCUT2D eigenvalue weighted by atomic mass is 16.3. The Balaban J connectivity index is 1.91. The molecule has 2 rings (SSSR count). The fourth-order valence-corrected chi connectivity index (χ4v) is 3.83. The summed E-state index contributed by atoms with van der Waals surface area (Å²) >= 11 is 0. The van der Waals surface area contributed by atoms with Crippen molar-refractivity contribution in [2.45, 2.75) is 89.7 Å². The van der Waals surface area contributed by atoms with E-state index in [1.54, 1.807) is 0 Å². The molecule has 2 aliphatic rings. The molecule has 1 N–H and O–H groups in total. The molecule has 0 aromatic carbocycles. The van der Waals surface area contributed by atoms with Crippen molar-refractivity contribution in [2.75, 3.05) is 13.1 Å². The smallest absolute Gasteiger partial charge is 0.0774 e. The van der Waals surface area contributed by atoms with Crippen molar-refractivity contribution in [3.8, 4) is 0 Å². The highest BCUT2D eigenvalue weighted by molar-refractivity contribution is 4.89. The van der Waals surface area contributed by atoms with Crippen molar-refractivity contribution in [1.82, 2.24) is 4.90 Å². The molecule has 0 radical (unpaired) electrons. The Morgan fingerprint density at radius 2 is 1.68 bits per heavy atom. The van der Waals surface area contributed by atoms with Crippen molar-refractivity contribution in [1.29, 1.82) is 0 Å². The van der Waals surface area contributed by atoms with Crippen LogP contribution in [0.1, 0.15) is 78.1 Å². The molecule has 0 aromatic heterocycles. The lowest BCUT2D eigenvalue weighted by molar-refractivity contribution is -0.0363. The maximum Gasteiger partial charge on any atom is 0.0774 e. The molecule has 0 spiro atoms. The number of rotatable bonds is 6. The van der Waals surface area contributed by atoms with E-state index in [2.05, 4.69) is 18.7 Å². The Kier molecular flexibility index (Phi) is 5.70. The molecule has 0 heterocycles.